The molecule has 0 unspecified atom stereocenters. The molecule has 0 spiro atoms. The van der Waals surface area contributed by atoms with Crippen LogP contribution < -0.4 is 31.3 Å². The highest BCUT2D eigenvalue weighted by Gasteiger charge is 2.12. The number of rotatable bonds is 0. The summed E-state index contributed by atoms with van der Waals surface area (Å²) < 4.78 is 0. The molecule has 0 atom stereocenters. The van der Waals surface area contributed by atoms with Crippen LogP contribution in [0.3, 0.4) is 0 Å². The maximum absolute atomic E-state index is 5.62. The van der Waals surface area contributed by atoms with Gasteiger partial charge in [0.05, 0.1) is 19.7 Å². The summed E-state index contributed by atoms with van der Waals surface area (Å²) in [5.41, 5.74) is 0. The van der Waals surface area contributed by atoms with Gasteiger partial charge in [0.25, 0.3) is 0 Å². The van der Waals surface area contributed by atoms with Crippen LogP contribution in [0.5, 0.6) is 0 Å². The molecule has 0 nitrogen and oxygen atoms in total. The van der Waals surface area contributed by atoms with E-state index in [1.54, 1.807) is 0 Å². The van der Waals surface area contributed by atoms with Crippen LogP contribution in [0.15, 0.2) is 0 Å². The standard InChI is InChI=1S/C12H9/c1-7-8(2)10(4)12(6)11(5)9(7)3/h1-3H,4-6H2/q+3. The van der Waals surface area contributed by atoms with E-state index in [-0.39, 0.29) is 0 Å². The zero-order valence-corrected chi connectivity index (χ0v) is 6.85. The van der Waals surface area contributed by atoms with E-state index < -0.39 is 0 Å². The Hall–Kier alpha value is -1.83. The van der Waals surface area contributed by atoms with Gasteiger partial charge in [-0.05, 0) is 13.2 Å². The molecular formula is C12H9+3. The van der Waals surface area contributed by atoms with Crippen LogP contribution in [0.1, 0.15) is 0 Å². The van der Waals surface area contributed by atoms with Crippen molar-refractivity contribution in [3.8, 4) is 0 Å². The van der Waals surface area contributed by atoms with E-state index in [9.17, 15) is 0 Å². The van der Waals surface area contributed by atoms with E-state index in [0.717, 1.165) is 0 Å². The first-order valence-electron chi connectivity index (χ1n) is 3.43. The quantitative estimate of drug-likeness (QED) is 0.370. The van der Waals surface area contributed by atoms with E-state index >= 15 is 0 Å². The van der Waals surface area contributed by atoms with Gasteiger partial charge < -0.3 is 0 Å². The Kier molecular flexibility index (Phi) is 1.61. The Balaban J connectivity index is 4.48. The van der Waals surface area contributed by atoms with Gasteiger partial charge in [-0.3, -0.25) is 0 Å². The minimum Gasteiger partial charge on any atom is -0.0607 e. The molecule has 0 aliphatic rings. The molecule has 0 fully saturated rings. The maximum atomic E-state index is 5.62. The number of hydrogen-bond acceptors (Lipinski definition) is 0. The van der Waals surface area contributed by atoms with Gasteiger partial charge in [-0.25, -0.2) is 0 Å². The van der Waals surface area contributed by atoms with Crippen LogP contribution in [-0.2, 0) is 0 Å². The summed E-state index contributed by atoms with van der Waals surface area (Å²) in [5.74, 6) is 0. The minimum absolute atomic E-state index is 0.345. The van der Waals surface area contributed by atoms with Crippen molar-refractivity contribution in [1.82, 2.24) is 0 Å². The third kappa shape index (κ3) is 0.855. The molecule has 0 saturated heterocycles. The van der Waals surface area contributed by atoms with E-state index in [4.69, 9.17) is 19.7 Å². The van der Waals surface area contributed by atoms with E-state index in [0.29, 0.717) is 31.3 Å². The summed E-state index contributed by atoms with van der Waals surface area (Å²) in [6, 6.07) is 0. The SMILES string of the molecule is [CH+]=c1c(=[CH+])c(=C)c(=C)c(=C)c1=[CH+]. The van der Waals surface area contributed by atoms with Crippen LogP contribution in [0.4, 0.5) is 0 Å². The van der Waals surface area contributed by atoms with E-state index in [1.807, 2.05) is 0 Å². The molecule has 12 heavy (non-hydrogen) atoms. The maximum Gasteiger partial charge on any atom is 0.343 e. The predicted octanol–water partition coefficient (Wildman–Crippen LogP) is -2.22. The highest BCUT2D eigenvalue weighted by molar-refractivity contribution is 5.29. The summed E-state index contributed by atoms with van der Waals surface area (Å²) >= 11 is 0. The van der Waals surface area contributed by atoms with Crippen LogP contribution in [0, 0.1) is 0 Å². The molecule has 0 N–H and O–H groups in total. The monoisotopic (exact) mass is 153 g/mol. The lowest BCUT2D eigenvalue weighted by Crippen LogP contribution is -2.62. The topological polar surface area (TPSA) is 0 Å². The van der Waals surface area contributed by atoms with Gasteiger partial charge in [-0.15, -0.1) is 0 Å². The normalized spacial score (nSPS) is 9.75. The summed E-state index contributed by atoms with van der Waals surface area (Å²) in [6.07, 6.45) is 0. The predicted molar refractivity (Wildman–Crippen MR) is 54.2 cm³/mol. The second-order valence-electron chi connectivity index (χ2n) is 2.68. The smallest absolute Gasteiger partial charge is 0.0607 e. The van der Waals surface area contributed by atoms with Crippen molar-refractivity contribution in [2.24, 2.45) is 0 Å². The largest absolute Gasteiger partial charge is 0.343 e. The van der Waals surface area contributed by atoms with Crippen LogP contribution in [-0.4, -0.2) is 0 Å². The second kappa shape index (κ2) is 2.34. The average Bonchev–Trinajstić information content (AvgIpc) is 2.08. The molecule has 1 aromatic rings. The fourth-order valence-corrected chi connectivity index (χ4v) is 0.977. The molecule has 0 heterocycles. The van der Waals surface area contributed by atoms with Crippen molar-refractivity contribution in [1.29, 1.82) is 0 Å². The third-order valence-corrected chi connectivity index (χ3v) is 1.96. The summed E-state index contributed by atoms with van der Waals surface area (Å²) in [5, 5.41) is 2.99. The van der Waals surface area contributed by atoms with Crippen LogP contribution in [0.2, 0.25) is 0 Å². The molecule has 0 aromatic heterocycles. The fourth-order valence-electron chi connectivity index (χ4n) is 0.977. The van der Waals surface area contributed by atoms with Crippen LogP contribution >= 0.6 is 0 Å². The highest BCUT2D eigenvalue weighted by Crippen LogP contribution is 1.31. The van der Waals surface area contributed by atoms with E-state index in [2.05, 4.69) is 19.7 Å². The van der Waals surface area contributed by atoms with Gasteiger partial charge in [0.15, 0.2) is 10.4 Å². The fraction of sp³-hybridized carbons (Fsp3) is 0. The molecule has 54 valence electrons. The first-order chi connectivity index (χ1) is 5.46. The lowest BCUT2D eigenvalue weighted by atomic mass is 10.1. The van der Waals surface area contributed by atoms with Crippen molar-refractivity contribution in [3.05, 3.63) is 31.3 Å². The molecular weight excluding hydrogens is 144 g/mol. The lowest BCUT2D eigenvalue weighted by Gasteiger charge is -1.70. The number of hydrogen-bond donors (Lipinski definition) is 0. The molecule has 1 aromatic carbocycles. The second-order valence-corrected chi connectivity index (χ2v) is 2.68. The van der Waals surface area contributed by atoms with Crippen molar-refractivity contribution in [3.63, 3.8) is 0 Å². The Morgan fingerprint density at radius 1 is 0.583 bits per heavy atom. The zero-order valence-electron chi connectivity index (χ0n) is 6.85. The number of benzene rings is 1. The highest BCUT2D eigenvalue weighted by atomic mass is 13.9. The van der Waals surface area contributed by atoms with Gasteiger partial charge >= 0.3 is 15.7 Å². The van der Waals surface area contributed by atoms with E-state index in [1.165, 1.54) is 0 Å². The molecule has 0 amide bonds. The van der Waals surface area contributed by atoms with Gasteiger partial charge in [0, 0.05) is 0 Å². The average molecular weight is 153 g/mol. The van der Waals surface area contributed by atoms with Gasteiger partial charge in [0.1, 0.15) is 5.22 Å². The zero-order chi connectivity index (χ0) is 9.46. The van der Waals surface area contributed by atoms with Crippen molar-refractivity contribution < 1.29 is 0 Å². The third-order valence-electron chi connectivity index (χ3n) is 1.96. The molecule has 0 radical (unpaired) electrons. The molecule has 0 bridgehead atoms. The summed E-state index contributed by atoms with van der Waals surface area (Å²) in [6.45, 7) is 28.0. The van der Waals surface area contributed by atoms with Crippen molar-refractivity contribution in [2.45, 2.75) is 0 Å². The molecule has 0 aliphatic carbocycles. The molecule has 0 heteroatoms. The summed E-state index contributed by atoms with van der Waals surface area (Å²) in [4.78, 5) is 0. The first kappa shape index (κ1) is 8.27. The first-order valence-corrected chi connectivity index (χ1v) is 3.43. The molecule has 0 saturated carbocycles. The van der Waals surface area contributed by atoms with Gasteiger partial charge in [0.2, 0.25) is 0 Å². The Morgan fingerprint density at radius 3 is 1.25 bits per heavy atom. The Labute approximate surface area is 71.5 Å². The Bertz CT molecular complexity index is 421. The van der Waals surface area contributed by atoms with Crippen molar-refractivity contribution >= 4 is 39.5 Å². The molecule has 1 rings (SSSR count). The van der Waals surface area contributed by atoms with Gasteiger partial charge in [-0.2, -0.15) is 0 Å². The minimum atomic E-state index is 0.345. The lowest BCUT2D eigenvalue weighted by molar-refractivity contribution is 1.34. The van der Waals surface area contributed by atoms with Crippen molar-refractivity contribution in [2.75, 3.05) is 0 Å². The Morgan fingerprint density at radius 2 is 0.917 bits per heavy atom. The summed E-state index contributed by atoms with van der Waals surface area (Å²) in [7, 11) is 0. The van der Waals surface area contributed by atoms with Crippen LogP contribution in [0.25, 0.3) is 39.5 Å². The molecule has 0 aliphatic heterocycles. The van der Waals surface area contributed by atoms with Gasteiger partial charge in [-0.1, -0.05) is 6.58 Å².